The number of amides is 1. The van der Waals surface area contributed by atoms with E-state index in [1.54, 1.807) is 24.3 Å². The van der Waals surface area contributed by atoms with Gasteiger partial charge in [-0.3, -0.25) is 14.9 Å². The van der Waals surface area contributed by atoms with Crippen LogP contribution in [0.15, 0.2) is 24.3 Å². The van der Waals surface area contributed by atoms with E-state index in [1.165, 1.54) is 6.92 Å². The molecule has 6 nitrogen and oxygen atoms in total. The van der Waals surface area contributed by atoms with Crippen molar-refractivity contribution in [3.63, 3.8) is 0 Å². The van der Waals surface area contributed by atoms with Crippen LogP contribution < -0.4 is 10.6 Å². The summed E-state index contributed by atoms with van der Waals surface area (Å²) in [5.74, 6) is -1.32. The first-order valence-electron chi connectivity index (χ1n) is 5.75. The zero-order valence-corrected chi connectivity index (χ0v) is 10.5. The van der Waals surface area contributed by atoms with Crippen LogP contribution in [0.2, 0.25) is 0 Å². The lowest BCUT2D eigenvalue weighted by molar-refractivity contribution is -0.139. The van der Waals surface area contributed by atoms with Crippen molar-refractivity contribution in [3.8, 4) is 6.07 Å². The van der Waals surface area contributed by atoms with E-state index in [2.05, 4.69) is 10.6 Å². The van der Waals surface area contributed by atoms with Crippen molar-refractivity contribution in [2.24, 2.45) is 0 Å². The van der Waals surface area contributed by atoms with Crippen LogP contribution in [0.5, 0.6) is 0 Å². The fourth-order valence-corrected chi connectivity index (χ4v) is 1.34. The lowest BCUT2D eigenvalue weighted by Gasteiger charge is -2.09. The third-order valence-electron chi connectivity index (χ3n) is 2.46. The van der Waals surface area contributed by atoms with Gasteiger partial charge in [0.1, 0.15) is 6.04 Å². The molecule has 0 heterocycles. The van der Waals surface area contributed by atoms with Gasteiger partial charge in [-0.2, -0.15) is 5.26 Å². The number of benzene rings is 1. The number of anilines is 1. The number of carboxylic acid groups (broad SMARTS) is 1. The summed E-state index contributed by atoms with van der Waals surface area (Å²) >= 11 is 0. The number of hydrogen-bond donors (Lipinski definition) is 3. The van der Waals surface area contributed by atoms with Crippen LogP contribution in [-0.2, 0) is 16.0 Å². The lowest BCUT2D eigenvalue weighted by Crippen LogP contribution is -2.39. The summed E-state index contributed by atoms with van der Waals surface area (Å²) in [5, 5.41) is 22.4. The molecule has 3 N–H and O–H groups in total. The monoisotopic (exact) mass is 261 g/mol. The number of carbonyl (C=O) groups excluding carboxylic acids is 1. The molecule has 0 saturated carbocycles. The van der Waals surface area contributed by atoms with Crippen molar-refractivity contribution < 1.29 is 14.7 Å². The van der Waals surface area contributed by atoms with Crippen LogP contribution in [0, 0.1) is 11.3 Å². The zero-order chi connectivity index (χ0) is 14.3. The molecule has 0 spiro atoms. The standard InChI is InChI=1S/C13H15N3O3/c1-9(13(18)19)15-8-12(17)16-11-4-2-10(3-5-11)6-7-14/h2-5,9,15H,6,8H2,1H3,(H,16,17)(H,18,19)/t9-/m1/s1. The smallest absolute Gasteiger partial charge is 0.320 e. The highest BCUT2D eigenvalue weighted by atomic mass is 16.4. The predicted octanol–water partition coefficient (Wildman–Crippen LogP) is 0.754. The van der Waals surface area contributed by atoms with Gasteiger partial charge in [0.15, 0.2) is 0 Å². The SMILES string of the molecule is C[C@@H](NCC(=O)Nc1ccc(CC#N)cc1)C(=O)O. The molecule has 0 aromatic heterocycles. The summed E-state index contributed by atoms with van der Waals surface area (Å²) in [6, 6.07) is 8.17. The summed E-state index contributed by atoms with van der Waals surface area (Å²) in [6.45, 7) is 1.39. The molecule has 0 saturated heterocycles. The van der Waals surface area contributed by atoms with Gasteiger partial charge in [-0.25, -0.2) is 0 Å². The largest absolute Gasteiger partial charge is 0.480 e. The molecule has 0 unspecified atom stereocenters. The number of nitrogens with one attached hydrogen (secondary N) is 2. The molecule has 19 heavy (non-hydrogen) atoms. The van der Waals surface area contributed by atoms with Crippen LogP contribution >= 0.6 is 0 Å². The molecule has 1 aromatic carbocycles. The van der Waals surface area contributed by atoms with E-state index in [0.717, 1.165) is 5.56 Å². The van der Waals surface area contributed by atoms with Crippen LogP contribution in [0.1, 0.15) is 12.5 Å². The Labute approximate surface area is 111 Å². The van der Waals surface area contributed by atoms with Crippen molar-refractivity contribution in [3.05, 3.63) is 29.8 Å². The number of nitrogens with zero attached hydrogens (tertiary/aromatic N) is 1. The molecule has 1 amide bonds. The Balaban J connectivity index is 2.44. The highest BCUT2D eigenvalue weighted by Gasteiger charge is 2.11. The van der Waals surface area contributed by atoms with E-state index in [4.69, 9.17) is 10.4 Å². The average molecular weight is 261 g/mol. The van der Waals surface area contributed by atoms with E-state index >= 15 is 0 Å². The maximum atomic E-state index is 11.5. The molecule has 1 atom stereocenters. The fourth-order valence-electron chi connectivity index (χ4n) is 1.34. The molecule has 0 radical (unpaired) electrons. The molecule has 0 aliphatic heterocycles. The summed E-state index contributed by atoms with van der Waals surface area (Å²) in [7, 11) is 0. The summed E-state index contributed by atoms with van der Waals surface area (Å²) in [5.41, 5.74) is 1.48. The molecule has 0 bridgehead atoms. The third-order valence-corrected chi connectivity index (χ3v) is 2.46. The molecular weight excluding hydrogens is 246 g/mol. The first kappa shape index (κ1) is 14.7. The number of hydrogen-bond acceptors (Lipinski definition) is 4. The Morgan fingerprint density at radius 3 is 2.53 bits per heavy atom. The van der Waals surface area contributed by atoms with Crippen LogP contribution in [0.4, 0.5) is 5.69 Å². The van der Waals surface area contributed by atoms with Gasteiger partial charge in [0.25, 0.3) is 0 Å². The van der Waals surface area contributed by atoms with E-state index in [-0.39, 0.29) is 12.5 Å². The van der Waals surface area contributed by atoms with Crippen molar-refractivity contribution in [1.82, 2.24) is 5.32 Å². The zero-order valence-electron chi connectivity index (χ0n) is 10.5. The Kier molecular flexibility index (Phi) is 5.51. The number of aliphatic carboxylic acids is 1. The Morgan fingerprint density at radius 1 is 1.37 bits per heavy atom. The van der Waals surface area contributed by atoms with Crippen LogP contribution in [0.25, 0.3) is 0 Å². The molecule has 0 aliphatic carbocycles. The number of carbonyl (C=O) groups is 2. The van der Waals surface area contributed by atoms with E-state index in [1.807, 2.05) is 6.07 Å². The van der Waals surface area contributed by atoms with E-state index < -0.39 is 12.0 Å². The molecule has 1 rings (SSSR count). The van der Waals surface area contributed by atoms with Crippen LogP contribution in [0.3, 0.4) is 0 Å². The van der Waals surface area contributed by atoms with Gasteiger partial charge in [-0.1, -0.05) is 12.1 Å². The normalized spacial score (nSPS) is 11.4. The molecule has 0 fully saturated rings. The van der Waals surface area contributed by atoms with Crippen molar-refractivity contribution in [2.45, 2.75) is 19.4 Å². The van der Waals surface area contributed by atoms with Gasteiger partial charge >= 0.3 is 5.97 Å². The highest BCUT2D eigenvalue weighted by molar-refractivity contribution is 5.92. The fraction of sp³-hybridized carbons (Fsp3) is 0.308. The topological polar surface area (TPSA) is 102 Å². The van der Waals surface area contributed by atoms with Gasteiger partial charge in [0.2, 0.25) is 5.91 Å². The Morgan fingerprint density at radius 2 is 2.00 bits per heavy atom. The summed E-state index contributed by atoms with van der Waals surface area (Å²) in [4.78, 5) is 22.1. The van der Waals surface area contributed by atoms with Crippen LogP contribution in [-0.4, -0.2) is 29.6 Å². The quantitative estimate of drug-likeness (QED) is 0.701. The van der Waals surface area contributed by atoms with Crippen molar-refractivity contribution in [2.75, 3.05) is 11.9 Å². The first-order chi connectivity index (χ1) is 9.02. The Hall–Kier alpha value is -2.39. The number of nitriles is 1. The minimum atomic E-state index is -1.01. The maximum absolute atomic E-state index is 11.5. The average Bonchev–Trinajstić information content (AvgIpc) is 2.38. The van der Waals surface area contributed by atoms with Gasteiger partial charge < -0.3 is 10.4 Å². The van der Waals surface area contributed by atoms with Gasteiger partial charge in [-0.15, -0.1) is 0 Å². The molecule has 0 aliphatic rings. The second-order valence-electron chi connectivity index (χ2n) is 4.02. The molecule has 100 valence electrons. The predicted molar refractivity (Wildman–Crippen MR) is 69.5 cm³/mol. The van der Waals surface area contributed by atoms with Crippen molar-refractivity contribution in [1.29, 1.82) is 5.26 Å². The second-order valence-corrected chi connectivity index (χ2v) is 4.02. The van der Waals surface area contributed by atoms with Gasteiger partial charge in [0.05, 0.1) is 19.0 Å². The van der Waals surface area contributed by atoms with Gasteiger partial charge in [-0.05, 0) is 24.6 Å². The lowest BCUT2D eigenvalue weighted by atomic mass is 10.1. The molecule has 1 aromatic rings. The molecular formula is C13H15N3O3. The highest BCUT2D eigenvalue weighted by Crippen LogP contribution is 2.09. The number of rotatable bonds is 6. The first-order valence-corrected chi connectivity index (χ1v) is 5.75. The minimum Gasteiger partial charge on any atom is -0.480 e. The maximum Gasteiger partial charge on any atom is 0.320 e. The van der Waals surface area contributed by atoms with Crippen molar-refractivity contribution >= 4 is 17.6 Å². The molecule has 6 heteroatoms. The summed E-state index contributed by atoms with van der Waals surface area (Å²) < 4.78 is 0. The van der Waals surface area contributed by atoms with E-state index in [9.17, 15) is 9.59 Å². The summed E-state index contributed by atoms with van der Waals surface area (Å²) in [6.07, 6.45) is 0.325. The van der Waals surface area contributed by atoms with E-state index in [0.29, 0.717) is 12.1 Å². The minimum absolute atomic E-state index is 0.0760. The van der Waals surface area contributed by atoms with Gasteiger partial charge in [0, 0.05) is 5.69 Å². The number of carboxylic acids is 1. The second kappa shape index (κ2) is 7.13. The Bertz CT molecular complexity index is 491. The third kappa shape index (κ3) is 5.19.